The van der Waals surface area contributed by atoms with Gasteiger partial charge in [0.2, 0.25) is 0 Å². The lowest BCUT2D eigenvalue weighted by Crippen LogP contribution is -2.47. The summed E-state index contributed by atoms with van der Waals surface area (Å²) in [5.41, 5.74) is 2.31. The number of nitrogens with one attached hydrogen (secondary N) is 1. The second-order valence-corrected chi connectivity index (χ2v) is 7.84. The van der Waals surface area contributed by atoms with Gasteiger partial charge in [-0.25, -0.2) is 0 Å². The minimum absolute atomic E-state index is 0. The summed E-state index contributed by atoms with van der Waals surface area (Å²) in [6.45, 7) is 4.49. The average Bonchev–Trinajstić information content (AvgIpc) is 2.74. The molecule has 1 amide bonds. The molecule has 5 heteroatoms. The molecule has 2 aliphatic heterocycles. The van der Waals surface area contributed by atoms with Crippen LogP contribution in [0.2, 0.25) is 0 Å². The molecule has 2 saturated heterocycles. The van der Waals surface area contributed by atoms with Crippen LogP contribution in [0.3, 0.4) is 0 Å². The molecule has 2 aromatic carbocycles. The Hall–Kier alpha value is -2.04. The number of carbonyl (C=O) groups excluding carboxylic acids is 1. The van der Waals surface area contributed by atoms with E-state index in [1.54, 1.807) is 0 Å². The van der Waals surface area contributed by atoms with Gasteiger partial charge in [0.25, 0.3) is 5.91 Å². The largest absolute Gasteiger partial charge is 0.489 e. The Morgan fingerprint density at radius 3 is 2.39 bits per heavy atom. The van der Waals surface area contributed by atoms with E-state index in [9.17, 15) is 4.79 Å². The molecule has 2 aromatic rings. The number of benzene rings is 2. The normalized spacial score (nSPS) is 18.4. The molecule has 0 unspecified atom stereocenters. The molecule has 0 saturated carbocycles. The average molecular weight is 401 g/mol. The molecule has 0 atom stereocenters. The first-order chi connectivity index (χ1) is 13.2. The maximum absolute atomic E-state index is 13.0. The van der Waals surface area contributed by atoms with Gasteiger partial charge >= 0.3 is 0 Å². The Balaban J connectivity index is 0.00000225. The number of nitrogens with zero attached hydrogens (tertiary/aromatic N) is 1. The Morgan fingerprint density at radius 1 is 0.964 bits per heavy atom. The number of likely N-dealkylation sites (tertiary alicyclic amines) is 1. The molecule has 150 valence electrons. The number of hydrogen-bond acceptors (Lipinski definition) is 3. The fraction of sp³-hybridized carbons (Fsp3) is 0.435. The van der Waals surface area contributed by atoms with Gasteiger partial charge < -0.3 is 15.0 Å². The zero-order valence-electron chi connectivity index (χ0n) is 16.2. The highest BCUT2D eigenvalue weighted by atomic mass is 35.5. The van der Waals surface area contributed by atoms with Crippen LogP contribution < -0.4 is 10.1 Å². The number of rotatable bonds is 4. The van der Waals surface area contributed by atoms with Crippen LogP contribution in [0.5, 0.6) is 5.75 Å². The summed E-state index contributed by atoms with van der Waals surface area (Å²) in [6.07, 6.45) is 4.75. The predicted octanol–water partition coefficient (Wildman–Crippen LogP) is 4.29. The quantitative estimate of drug-likeness (QED) is 0.832. The second-order valence-electron chi connectivity index (χ2n) is 7.84. The Kier molecular flexibility index (Phi) is 6.97. The lowest BCUT2D eigenvalue weighted by atomic mass is 9.71. The summed E-state index contributed by atoms with van der Waals surface area (Å²) in [5.74, 6) is 0.875. The molecular formula is C23H29ClN2O2. The minimum atomic E-state index is 0. The molecule has 1 N–H and O–H groups in total. The van der Waals surface area contributed by atoms with Crippen molar-refractivity contribution < 1.29 is 9.53 Å². The van der Waals surface area contributed by atoms with Crippen molar-refractivity contribution in [3.05, 3.63) is 65.7 Å². The van der Waals surface area contributed by atoms with Crippen LogP contribution in [-0.2, 0) is 6.61 Å². The SMILES string of the molecule is Cl.O=C(c1cccc(OCc2ccccc2)c1)N1CCC2(CCNCC2)CC1. The van der Waals surface area contributed by atoms with Crippen LogP contribution in [-0.4, -0.2) is 37.0 Å². The van der Waals surface area contributed by atoms with E-state index in [1.807, 2.05) is 59.5 Å². The van der Waals surface area contributed by atoms with Crippen LogP contribution in [0.4, 0.5) is 0 Å². The molecule has 0 aromatic heterocycles. The summed E-state index contributed by atoms with van der Waals surface area (Å²) in [7, 11) is 0. The number of carbonyl (C=O) groups is 1. The summed E-state index contributed by atoms with van der Waals surface area (Å²) in [6, 6.07) is 17.7. The fourth-order valence-electron chi connectivity index (χ4n) is 4.28. The number of hydrogen-bond donors (Lipinski definition) is 1. The van der Waals surface area contributed by atoms with Gasteiger partial charge in [-0.05, 0) is 68.0 Å². The predicted molar refractivity (Wildman–Crippen MR) is 114 cm³/mol. The topological polar surface area (TPSA) is 41.6 Å². The molecule has 0 bridgehead atoms. The van der Waals surface area contributed by atoms with Gasteiger partial charge in [-0.1, -0.05) is 36.4 Å². The lowest BCUT2D eigenvalue weighted by molar-refractivity contribution is 0.0495. The van der Waals surface area contributed by atoms with Crippen molar-refractivity contribution in [2.24, 2.45) is 5.41 Å². The third kappa shape index (κ3) is 4.86. The third-order valence-electron chi connectivity index (χ3n) is 6.10. The summed E-state index contributed by atoms with van der Waals surface area (Å²) in [4.78, 5) is 15.0. The highest BCUT2D eigenvalue weighted by molar-refractivity contribution is 5.94. The van der Waals surface area contributed by atoms with Crippen molar-refractivity contribution in [1.82, 2.24) is 10.2 Å². The van der Waals surface area contributed by atoms with E-state index in [0.29, 0.717) is 12.0 Å². The Morgan fingerprint density at radius 2 is 1.68 bits per heavy atom. The van der Waals surface area contributed by atoms with Crippen molar-refractivity contribution in [3.8, 4) is 5.75 Å². The van der Waals surface area contributed by atoms with E-state index < -0.39 is 0 Å². The molecule has 4 nitrogen and oxygen atoms in total. The van der Waals surface area contributed by atoms with Gasteiger partial charge in [0.05, 0.1) is 0 Å². The Labute approximate surface area is 173 Å². The number of amides is 1. The molecule has 28 heavy (non-hydrogen) atoms. The standard InChI is InChI=1S/C23H28N2O2.ClH/c26-22(25-15-11-23(12-16-25)9-13-24-14-10-23)20-7-4-8-21(17-20)27-18-19-5-2-1-3-6-19;/h1-8,17,24H,9-16,18H2;1H. The van der Waals surface area contributed by atoms with Gasteiger partial charge in [-0.15, -0.1) is 12.4 Å². The molecule has 2 fully saturated rings. The Bertz CT molecular complexity index is 765. The van der Waals surface area contributed by atoms with Gasteiger partial charge in [0, 0.05) is 18.7 Å². The summed E-state index contributed by atoms with van der Waals surface area (Å²) in [5, 5.41) is 3.45. The van der Waals surface area contributed by atoms with Crippen LogP contribution in [0.15, 0.2) is 54.6 Å². The van der Waals surface area contributed by atoms with Crippen molar-refractivity contribution in [1.29, 1.82) is 0 Å². The van der Waals surface area contributed by atoms with E-state index in [-0.39, 0.29) is 18.3 Å². The van der Waals surface area contributed by atoms with Crippen LogP contribution in [0, 0.1) is 5.41 Å². The van der Waals surface area contributed by atoms with E-state index in [4.69, 9.17) is 4.74 Å². The van der Waals surface area contributed by atoms with Gasteiger partial charge in [0.15, 0.2) is 0 Å². The first-order valence-corrected chi connectivity index (χ1v) is 10.0. The molecule has 0 radical (unpaired) electrons. The van der Waals surface area contributed by atoms with Gasteiger partial charge in [0.1, 0.15) is 12.4 Å². The highest BCUT2D eigenvalue weighted by Gasteiger charge is 2.36. The van der Waals surface area contributed by atoms with E-state index in [2.05, 4.69) is 5.32 Å². The lowest BCUT2D eigenvalue weighted by Gasteiger charge is -2.44. The maximum atomic E-state index is 13.0. The molecule has 0 aliphatic carbocycles. The number of ether oxygens (including phenoxy) is 1. The first-order valence-electron chi connectivity index (χ1n) is 10.0. The van der Waals surface area contributed by atoms with Crippen molar-refractivity contribution in [2.45, 2.75) is 32.3 Å². The smallest absolute Gasteiger partial charge is 0.253 e. The zero-order valence-corrected chi connectivity index (χ0v) is 17.0. The van der Waals surface area contributed by atoms with Crippen LogP contribution in [0.1, 0.15) is 41.6 Å². The fourth-order valence-corrected chi connectivity index (χ4v) is 4.28. The van der Waals surface area contributed by atoms with Gasteiger partial charge in [-0.3, -0.25) is 4.79 Å². The monoisotopic (exact) mass is 400 g/mol. The summed E-state index contributed by atoms with van der Waals surface area (Å²) >= 11 is 0. The van der Waals surface area contributed by atoms with E-state index in [1.165, 1.54) is 12.8 Å². The van der Waals surface area contributed by atoms with Crippen LogP contribution >= 0.6 is 12.4 Å². The highest BCUT2D eigenvalue weighted by Crippen LogP contribution is 2.39. The number of halogens is 1. The molecular weight excluding hydrogens is 372 g/mol. The van der Waals surface area contributed by atoms with Crippen molar-refractivity contribution >= 4 is 18.3 Å². The van der Waals surface area contributed by atoms with Crippen molar-refractivity contribution in [2.75, 3.05) is 26.2 Å². The molecule has 1 spiro atoms. The minimum Gasteiger partial charge on any atom is -0.489 e. The third-order valence-corrected chi connectivity index (χ3v) is 6.10. The molecule has 4 rings (SSSR count). The van der Waals surface area contributed by atoms with E-state index >= 15 is 0 Å². The van der Waals surface area contributed by atoms with Crippen LogP contribution in [0.25, 0.3) is 0 Å². The second kappa shape index (κ2) is 9.44. The molecule has 2 aliphatic rings. The van der Waals surface area contributed by atoms with Gasteiger partial charge in [-0.2, -0.15) is 0 Å². The molecule has 2 heterocycles. The maximum Gasteiger partial charge on any atom is 0.253 e. The van der Waals surface area contributed by atoms with Crippen molar-refractivity contribution in [3.63, 3.8) is 0 Å². The number of piperidine rings is 2. The first kappa shape index (κ1) is 20.7. The zero-order chi connectivity index (χ0) is 18.5. The van der Waals surface area contributed by atoms with E-state index in [0.717, 1.165) is 55.9 Å². The summed E-state index contributed by atoms with van der Waals surface area (Å²) < 4.78 is 5.88.